The number of ether oxygens (including phenoxy) is 3. The smallest absolute Gasteiger partial charge is 0.243 e. The number of para-hydroxylation sites is 1. The third kappa shape index (κ3) is 5.13. The lowest BCUT2D eigenvalue weighted by molar-refractivity contribution is 0.0779. The second-order valence-corrected chi connectivity index (χ2v) is 10.3. The highest BCUT2D eigenvalue weighted by Gasteiger charge is 2.36. The minimum absolute atomic E-state index is 0.0791. The Hall–Kier alpha value is -3.97. The molecular weight excluding hydrogens is 500 g/mol. The highest BCUT2D eigenvalue weighted by molar-refractivity contribution is 7.93. The van der Waals surface area contributed by atoms with Crippen molar-refractivity contribution in [2.75, 3.05) is 26.1 Å². The topological polar surface area (TPSA) is 143 Å². The van der Waals surface area contributed by atoms with Crippen molar-refractivity contribution in [3.05, 3.63) is 60.1 Å². The average Bonchev–Trinajstić information content (AvgIpc) is 3.49. The Balaban J connectivity index is 1.86. The number of aromatic nitrogens is 5. The van der Waals surface area contributed by atoms with Crippen LogP contribution in [0.25, 0.3) is 17.1 Å². The number of hydrogen-bond acceptors (Lipinski definition) is 10. The van der Waals surface area contributed by atoms with E-state index in [-0.39, 0.29) is 11.8 Å². The molecule has 0 aliphatic carbocycles. The Morgan fingerprint density at radius 2 is 1.73 bits per heavy atom. The third-order valence-corrected chi connectivity index (χ3v) is 7.40. The van der Waals surface area contributed by atoms with Gasteiger partial charge in [-0.1, -0.05) is 6.07 Å². The molecule has 0 fully saturated rings. The first kappa shape index (κ1) is 26.1. The van der Waals surface area contributed by atoms with Gasteiger partial charge in [-0.2, -0.15) is 0 Å². The maximum absolute atomic E-state index is 13.6. The fourth-order valence-corrected chi connectivity index (χ4v) is 4.98. The molecule has 0 unspecified atom stereocenters. The van der Waals surface area contributed by atoms with Crippen molar-refractivity contribution in [3.8, 4) is 28.6 Å². The number of sulfonamides is 1. The highest BCUT2D eigenvalue weighted by atomic mass is 32.2. The number of methoxy groups -OCH3 is 3. The number of aryl methyl sites for hydroxylation is 2. The van der Waals surface area contributed by atoms with Gasteiger partial charge in [0.25, 0.3) is 0 Å². The van der Waals surface area contributed by atoms with E-state index in [0.29, 0.717) is 34.3 Å². The molecule has 3 heterocycles. The molecule has 12 nitrogen and oxygen atoms in total. The Labute approximate surface area is 214 Å². The van der Waals surface area contributed by atoms with Crippen LogP contribution < -0.4 is 14.2 Å². The van der Waals surface area contributed by atoms with Crippen molar-refractivity contribution in [3.63, 3.8) is 0 Å². The zero-order chi connectivity index (χ0) is 26.7. The number of nitrogens with zero attached hydrogens (tertiary/aromatic N) is 5. The average molecular weight is 529 g/mol. The normalized spacial score (nSPS) is 13.2. The van der Waals surface area contributed by atoms with Crippen LogP contribution in [0.4, 0.5) is 5.95 Å². The largest absolute Gasteiger partial charge is 0.494 e. The van der Waals surface area contributed by atoms with E-state index in [1.54, 1.807) is 37.5 Å². The van der Waals surface area contributed by atoms with Gasteiger partial charge in [0.1, 0.15) is 28.2 Å². The van der Waals surface area contributed by atoms with Crippen LogP contribution in [0.5, 0.6) is 11.5 Å². The van der Waals surface area contributed by atoms with Crippen LogP contribution in [0, 0.1) is 13.8 Å². The molecule has 0 saturated carbocycles. The Kier molecular flexibility index (Phi) is 7.45. The minimum atomic E-state index is -4.11. The first-order valence-corrected chi connectivity index (χ1v) is 12.8. The minimum Gasteiger partial charge on any atom is -0.494 e. The summed E-state index contributed by atoms with van der Waals surface area (Å²) < 4.78 is 53.3. The molecule has 0 aliphatic heterocycles. The Morgan fingerprint density at radius 1 is 1.03 bits per heavy atom. The molecular formula is C24H28N6O6S. The van der Waals surface area contributed by atoms with Crippen molar-refractivity contribution >= 4 is 16.0 Å². The molecule has 0 amide bonds. The third-order valence-electron chi connectivity index (χ3n) is 5.71. The Morgan fingerprint density at radius 3 is 2.30 bits per heavy atom. The fourth-order valence-electron chi connectivity index (χ4n) is 3.86. The molecule has 37 heavy (non-hydrogen) atoms. The molecule has 1 aromatic carbocycles. The van der Waals surface area contributed by atoms with Crippen LogP contribution in [0.1, 0.15) is 30.2 Å². The standard InChI is InChI=1S/C24H28N6O6S/c1-14-10-17(13-25-11-14)22-27-28-24(30(22)20-18(33-4)8-7-9-19(20)34-5)29-37(31,32)16(3)21(35-6)23-26-12-15(2)36-23/h7-13,16,21H,1-6H3,(H,28,29)/t16-,21-/m0/s1. The van der Waals surface area contributed by atoms with E-state index in [0.717, 1.165) is 5.56 Å². The van der Waals surface area contributed by atoms with E-state index < -0.39 is 21.4 Å². The summed E-state index contributed by atoms with van der Waals surface area (Å²) in [6.07, 6.45) is 3.85. The van der Waals surface area contributed by atoms with Gasteiger partial charge in [0.05, 0.1) is 20.4 Å². The van der Waals surface area contributed by atoms with Crippen LogP contribution in [-0.2, 0) is 14.8 Å². The second-order valence-electron chi connectivity index (χ2n) is 8.26. The summed E-state index contributed by atoms with van der Waals surface area (Å²) in [6, 6.07) is 7.07. The Bertz CT molecular complexity index is 1480. The van der Waals surface area contributed by atoms with Gasteiger partial charge in [-0.15, -0.1) is 10.2 Å². The van der Waals surface area contributed by atoms with E-state index in [2.05, 4.69) is 24.9 Å². The van der Waals surface area contributed by atoms with E-state index >= 15 is 0 Å². The van der Waals surface area contributed by atoms with Crippen molar-refractivity contribution in [2.24, 2.45) is 0 Å². The lowest BCUT2D eigenvalue weighted by Crippen LogP contribution is -2.33. The lowest BCUT2D eigenvalue weighted by Gasteiger charge is -2.22. The maximum Gasteiger partial charge on any atom is 0.243 e. The molecule has 2 atom stereocenters. The van der Waals surface area contributed by atoms with Crippen molar-refractivity contribution < 1.29 is 27.0 Å². The summed E-state index contributed by atoms with van der Waals surface area (Å²) >= 11 is 0. The van der Waals surface area contributed by atoms with E-state index in [4.69, 9.17) is 18.6 Å². The van der Waals surface area contributed by atoms with Gasteiger partial charge in [-0.25, -0.2) is 13.4 Å². The number of hydrogen-bond donors (Lipinski definition) is 1. The van der Waals surface area contributed by atoms with Crippen molar-refractivity contribution in [2.45, 2.75) is 32.1 Å². The predicted molar refractivity (Wildman–Crippen MR) is 135 cm³/mol. The van der Waals surface area contributed by atoms with Crippen molar-refractivity contribution in [1.29, 1.82) is 0 Å². The zero-order valence-corrected chi connectivity index (χ0v) is 22.1. The number of anilines is 1. The number of pyridine rings is 1. The summed E-state index contributed by atoms with van der Waals surface area (Å²) in [5.41, 5.74) is 1.91. The maximum atomic E-state index is 13.6. The van der Waals surface area contributed by atoms with E-state index in [9.17, 15) is 8.42 Å². The quantitative estimate of drug-likeness (QED) is 0.325. The van der Waals surface area contributed by atoms with Crippen molar-refractivity contribution in [1.82, 2.24) is 24.7 Å². The van der Waals surface area contributed by atoms with Gasteiger partial charge in [0, 0.05) is 25.1 Å². The summed E-state index contributed by atoms with van der Waals surface area (Å²) in [7, 11) is 0.292. The fraction of sp³-hybridized carbons (Fsp3) is 0.333. The van der Waals surface area contributed by atoms with E-state index in [1.807, 2.05) is 13.0 Å². The summed E-state index contributed by atoms with van der Waals surface area (Å²) in [4.78, 5) is 8.38. The van der Waals surface area contributed by atoms with Gasteiger partial charge in [0.15, 0.2) is 11.9 Å². The molecule has 0 radical (unpaired) electrons. The van der Waals surface area contributed by atoms with Crippen LogP contribution >= 0.6 is 0 Å². The van der Waals surface area contributed by atoms with Crippen LogP contribution in [0.3, 0.4) is 0 Å². The van der Waals surface area contributed by atoms with Gasteiger partial charge in [-0.3, -0.25) is 14.3 Å². The molecule has 0 aliphatic rings. The van der Waals surface area contributed by atoms with Crippen LogP contribution in [0.2, 0.25) is 0 Å². The lowest BCUT2D eigenvalue weighted by atomic mass is 10.2. The molecule has 3 aromatic heterocycles. The monoisotopic (exact) mass is 528 g/mol. The zero-order valence-electron chi connectivity index (χ0n) is 21.3. The predicted octanol–water partition coefficient (Wildman–Crippen LogP) is 3.47. The van der Waals surface area contributed by atoms with Crippen LogP contribution in [-0.4, -0.2) is 59.7 Å². The summed E-state index contributed by atoms with van der Waals surface area (Å²) in [5.74, 6) is 1.77. The second kappa shape index (κ2) is 10.6. The molecule has 4 aromatic rings. The number of oxazole rings is 1. The molecule has 0 saturated heterocycles. The van der Waals surface area contributed by atoms with Crippen LogP contribution in [0.15, 0.2) is 47.3 Å². The summed E-state index contributed by atoms with van der Waals surface area (Å²) in [5, 5.41) is 7.37. The van der Waals surface area contributed by atoms with Gasteiger partial charge >= 0.3 is 0 Å². The summed E-state index contributed by atoms with van der Waals surface area (Å²) in [6.45, 7) is 5.10. The molecule has 0 bridgehead atoms. The number of benzene rings is 1. The first-order valence-electron chi connectivity index (χ1n) is 11.3. The van der Waals surface area contributed by atoms with Gasteiger partial charge in [0.2, 0.25) is 21.9 Å². The molecule has 1 N–H and O–H groups in total. The number of rotatable bonds is 10. The SMILES string of the molecule is COc1cccc(OC)c1-n1c(NS(=O)(=O)[C@@H](C)[C@H](OC)c2ncc(C)o2)nnc1-c1cncc(C)c1. The number of nitrogens with one attached hydrogen (secondary N) is 1. The first-order chi connectivity index (χ1) is 17.7. The van der Waals surface area contributed by atoms with Gasteiger partial charge in [-0.05, 0) is 44.5 Å². The molecule has 196 valence electrons. The molecule has 0 spiro atoms. The highest BCUT2D eigenvalue weighted by Crippen LogP contribution is 2.38. The van der Waals surface area contributed by atoms with E-state index in [1.165, 1.54) is 39.0 Å². The van der Waals surface area contributed by atoms with Gasteiger partial charge < -0.3 is 18.6 Å². The molecule has 4 rings (SSSR count). The molecule has 13 heteroatoms.